The molecule has 0 aliphatic heterocycles. The number of hydrogen-bond acceptors (Lipinski definition) is 12. The lowest BCUT2D eigenvalue weighted by Gasteiger charge is -2.12. The van der Waals surface area contributed by atoms with E-state index in [-0.39, 0.29) is 54.6 Å². The first kappa shape index (κ1) is 50.0. The SMILES string of the molecule is C.Cn1cc2c(c1C(=O)Nc1ccc(F)c(Cl)c1)CCC2N.Cn1ncc(COC(=O)NC2CCc3c2cn(C)c3C(=O)Nc2ccc(F)c(Cl)c2)n1.Cn1ncc(COC(=O)n2ccnc2)n1. The Kier molecular flexibility index (Phi) is 16.1. The zero-order chi connectivity index (χ0) is 47.9. The lowest BCUT2D eigenvalue weighted by atomic mass is 10.1. The molecule has 0 fully saturated rings. The van der Waals surface area contributed by atoms with Crippen LogP contribution in [0.15, 0.2) is 79.9 Å². The molecule has 2 unspecified atom stereocenters. The summed E-state index contributed by atoms with van der Waals surface area (Å²) in [6.07, 6.45) is 13.0. The second-order valence-corrected chi connectivity index (χ2v) is 16.2. The fourth-order valence-corrected chi connectivity index (χ4v) is 7.89. The van der Waals surface area contributed by atoms with Gasteiger partial charge in [0.2, 0.25) is 0 Å². The molecule has 5 heterocycles. The van der Waals surface area contributed by atoms with E-state index < -0.39 is 23.8 Å². The standard InChI is InChI=1S/C20H20ClFN6O3.C15H15ClFN3O.C8H9N5O2.CH4/c1-27-9-14-13(18(27)19(29)24-11-3-5-16(22)15(21)7-11)4-6-17(14)25-20(30)31-10-12-8-23-28(2)26-12;1-20-7-10-9(3-5-13(10)18)14(20)15(21)19-8-2-4-12(17)11(16)6-8;1-12-10-4-7(11-12)5-15-8(14)13-3-2-9-6-13;/h3,5,7-9,17H,4,6,10H2,1-2H3,(H,24,29)(H,25,30);2,4,6-7,13H,3,5,18H2,1H3,(H,19,21);2-4,6H,5H2,1H3;1H4. The monoisotopic (exact) mass is 976 g/mol. The maximum Gasteiger partial charge on any atom is 0.419 e. The maximum absolute atomic E-state index is 13.4. The highest BCUT2D eigenvalue weighted by Gasteiger charge is 2.32. The second kappa shape index (κ2) is 21.9. The number of carbonyl (C=O) groups excluding carboxylic acids is 4. The van der Waals surface area contributed by atoms with Crippen molar-refractivity contribution in [2.75, 3.05) is 10.6 Å². The van der Waals surface area contributed by atoms with Crippen molar-refractivity contribution in [1.82, 2.24) is 54.0 Å². The number of fused-ring (bicyclic) bond motifs is 2. The van der Waals surface area contributed by atoms with Crippen LogP contribution in [0.25, 0.3) is 0 Å². The Labute approximate surface area is 398 Å². The van der Waals surface area contributed by atoms with E-state index in [1.807, 2.05) is 19.4 Å². The zero-order valence-corrected chi connectivity index (χ0v) is 37.9. The molecule has 0 bridgehead atoms. The molecule has 2 aliphatic carbocycles. The first-order valence-electron chi connectivity index (χ1n) is 20.5. The Morgan fingerprint density at radius 1 is 0.765 bits per heavy atom. The van der Waals surface area contributed by atoms with E-state index in [9.17, 15) is 28.0 Å². The Hall–Kier alpha value is -7.43. The van der Waals surface area contributed by atoms with Gasteiger partial charge in [-0.15, -0.1) is 0 Å². The molecule has 0 saturated heterocycles. The molecule has 0 radical (unpaired) electrons. The van der Waals surface area contributed by atoms with Gasteiger partial charge in [-0.2, -0.15) is 30.0 Å². The number of benzene rings is 2. The number of carbonyl (C=O) groups is 4. The zero-order valence-electron chi connectivity index (χ0n) is 36.4. The summed E-state index contributed by atoms with van der Waals surface area (Å²) in [6.45, 7) is 0.118. The molecule has 2 aromatic carbocycles. The Bertz CT molecular complexity index is 2930. The number of aromatic nitrogens is 10. The molecule has 7 aromatic rings. The molecule has 5 aromatic heterocycles. The molecule has 2 atom stereocenters. The van der Waals surface area contributed by atoms with E-state index in [4.69, 9.17) is 38.4 Å². The fourth-order valence-electron chi connectivity index (χ4n) is 7.53. The van der Waals surface area contributed by atoms with Crippen LogP contribution in [-0.4, -0.2) is 72.7 Å². The van der Waals surface area contributed by atoms with Crippen LogP contribution in [0.3, 0.4) is 0 Å². The number of hydrogen-bond donors (Lipinski definition) is 4. The van der Waals surface area contributed by atoms with Gasteiger partial charge in [0, 0.05) is 70.4 Å². The van der Waals surface area contributed by atoms with Gasteiger partial charge in [0.25, 0.3) is 11.8 Å². The van der Waals surface area contributed by atoms with Gasteiger partial charge in [0.05, 0.1) is 28.5 Å². The van der Waals surface area contributed by atoms with Gasteiger partial charge < -0.3 is 40.3 Å². The second-order valence-electron chi connectivity index (χ2n) is 15.3. The molecule has 20 nitrogen and oxygen atoms in total. The summed E-state index contributed by atoms with van der Waals surface area (Å²) < 4.78 is 41.4. The number of halogens is 4. The summed E-state index contributed by atoms with van der Waals surface area (Å²) in [5, 5.41) is 24.0. The molecule has 3 amide bonds. The van der Waals surface area contributed by atoms with Crippen molar-refractivity contribution in [2.24, 2.45) is 33.9 Å². The number of amides is 3. The molecule has 358 valence electrons. The first-order valence-corrected chi connectivity index (χ1v) is 21.2. The topological polar surface area (TPSA) is 238 Å². The van der Waals surface area contributed by atoms with Crippen LogP contribution in [0.4, 0.5) is 29.7 Å². The van der Waals surface area contributed by atoms with Gasteiger partial charge in [-0.3, -0.25) is 9.59 Å². The third-order valence-corrected chi connectivity index (χ3v) is 11.2. The van der Waals surface area contributed by atoms with E-state index >= 15 is 0 Å². The van der Waals surface area contributed by atoms with Gasteiger partial charge in [-0.05, 0) is 84.3 Å². The van der Waals surface area contributed by atoms with Crippen molar-refractivity contribution in [2.45, 2.75) is 58.4 Å². The highest BCUT2D eigenvalue weighted by molar-refractivity contribution is 6.31. The molecule has 9 rings (SSSR count). The van der Waals surface area contributed by atoms with E-state index in [0.717, 1.165) is 35.1 Å². The largest absolute Gasteiger partial charge is 0.443 e. The van der Waals surface area contributed by atoms with Crippen LogP contribution in [-0.2, 0) is 63.7 Å². The third kappa shape index (κ3) is 11.9. The number of alkyl carbamates (subject to hydrolysis) is 1. The normalized spacial score (nSPS) is 14.2. The molecule has 68 heavy (non-hydrogen) atoms. The van der Waals surface area contributed by atoms with Crippen molar-refractivity contribution < 1.29 is 37.4 Å². The van der Waals surface area contributed by atoms with Crippen molar-refractivity contribution in [3.63, 3.8) is 0 Å². The lowest BCUT2D eigenvalue weighted by molar-refractivity contribution is 0.101. The van der Waals surface area contributed by atoms with Crippen molar-refractivity contribution in [3.8, 4) is 0 Å². The van der Waals surface area contributed by atoms with Crippen LogP contribution < -0.4 is 21.7 Å². The number of ether oxygens (including phenoxy) is 2. The number of imidazole rings is 1. The fraction of sp³-hybridized carbons (Fsp3) is 0.295. The highest BCUT2D eigenvalue weighted by Crippen LogP contribution is 2.36. The molecular formula is C44H48Cl2F2N14O6. The van der Waals surface area contributed by atoms with Crippen LogP contribution in [0.5, 0.6) is 0 Å². The van der Waals surface area contributed by atoms with Crippen molar-refractivity contribution in [3.05, 3.63) is 147 Å². The highest BCUT2D eigenvalue weighted by atomic mass is 35.5. The number of aryl methyl sites for hydroxylation is 4. The summed E-state index contributed by atoms with van der Waals surface area (Å²) >= 11 is 11.5. The summed E-state index contributed by atoms with van der Waals surface area (Å²) in [4.78, 5) is 55.3. The Morgan fingerprint density at radius 2 is 1.28 bits per heavy atom. The molecular weight excluding hydrogens is 929 g/mol. The van der Waals surface area contributed by atoms with Crippen molar-refractivity contribution in [1.29, 1.82) is 0 Å². The van der Waals surface area contributed by atoms with Crippen LogP contribution >= 0.6 is 23.2 Å². The minimum absolute atomic E-state index is 0. The number of anilines is 2. The van der Waals surface area contributed by atoms with Crippen LogP contribution in [0.1, 0.15) is 87.0 Å². The minimum Gasteiger partial charge on any atom is -0.443 e. The third-order valence-electron chi connectivity index (χ3n) is 10.6. The van der Waals surface area contributed by atoms with E-state index in [0.29, 0.717) is 47.0 Å². The molecule has 2 aliphatic rings. The Morgan fingerprint density at radius 3 is 1.78 bits per heavy atom. The Balaban J connectivity index is 0.000000178. The quantitative estimate of drug-likeness (QED) is 0.115. The summed E-state index contributed by atoms with van der Waals surface area (Å²) in [7, 11) is 6.95. The van der Waals surface area contributed by atoms with Crippen LogP contribution in [0, 0.1) is 11.6 Å². The smallest absolute Gasteiger partial charge is 0.419 e. The maximum atomic E-state index is 13.4. The van der Waals surface area contributed by atoms with Gasteiger partial charge in [0.15, 0.2) is 0 Å². The van der Waals surface area contributed by atoms with Gasteiger partial charge >= 0.3 is 12.2 Å². The predicted octanol–water partition coefficient (Wildman–Crippen LogP) is 6.96. The minimum atomic E-state index is -0.570. The lowest BCUT2D eigenvalue weighted by Crippen LogP contribution is -2.27. The van der Waals surface area contributed by atoms with E-state index in [2.05, 4.69) is 41.3 Å². The van der Waals surface area contributed by atoms with Gasteiger partial charge in [-0.1, -0.05) is 30.6 Å². The molecule has 5 N–H and O–H groups in total. The van der Waals surface area contributed by atoms with Gasteiger partial charge in [-0.25, -0.2) is 27.9 Å². The number of nitrogens with zero attached hydrogens (tertiary/aromatic N) is 10. The summed E-state index contributed by atoms with van der Waals surface area (Å²) in [5.41, 5.74) is 12.8. The van der Waals surface area contributed by atoms with Gasteiger partial charge in [0.1, 0.15) is 54.0 Å². The predicted molar refractivity (Wildman–Crippen MR) is 246 cm³/mol. The van der Waals surface area contributed by atoms with E-state index in [1.54, 1.807) is 36.5 Å². The average molecular weight is 978 g/mol. The molecule has 0 saturated carbocycles. The van der Waals surface area contributed by atoms with Crippen molar-refractivity contribution >= 4 is 58.6 Å². The number of nitrogens with two attached hydrogens (primary N) is 1. The molecule has 24 heteroatoms. The summed E-state index contributed by atoms with van der Waals surface area (Å²) in [5.74, 6) is -1.65. The molecule has 0 spiro atoms. The first-order chi connectivity index (χ1) is 32.0. The summed E-state index contributed by atoms with van der Waals surface area (Å²) in [6, 6.07) is 7.82. The number of nitrogens with one attached hydrogen (secondary N) is 3. The van der Waals surface area contributed by atoms with Crippen LogP contribution in [0.2, 0.25) is 10.0 Å². The van der Waals surface area contributed by atoms with E-state index in [1.165, 1.54) is 75.5 Å². The number of rotatable bonds is 9. The average Bonchev–Trinajstić information content (AvgIpc) is 4.17.